The number of rotatable bonds is 3. The molecule has 2 aromatic heterocycles. The lowest BCUT2D eigenvalue weighted by Gasteiger charge is -2.02. The Bertz CT molecular complexity index is 533. The standard InChI is InChI=1S/C10H7BrCl2N2OS/c11-5-1-2-17-8(5)4-14-10(16)7-3-6(12)9(13)15-7/h1-3,15H,4H2,(H,14,16). The van der Waals surface area contributed by atoms with Crippen molar-refractivity contribution in [1.29, 1.82) is 0 Å². The second-order valence-corrected chi connectivity index (χ2v) is 5.86. The van der Waals surface area contributed by atoms with Gasteiger partial charge in [-0.1, -0.05) is 23.2 Å². The number of H-pyrrole nitrogens is 1. The molecule has 0 radical (unpaired) electrons. The van der Waals surface area contributed by atoms with Gasteiger partial charge in [0.05, 0.1) is 11.6 Å². The number of hydrogen-bond acceptors (Lipinski definition) is 2. The Morgan fingerprint density at radius 1 is 1.53 bits per heavy atom. The smallest absolute Gasteiger partial charge is 0.268 e. The third kappa shape index (κ3) is 3.04. The molecule has 1 amide bonds. The number of thiophene rings is 1. The van der Waals surface area contributed by atoms with Crippen molar-refractivity contribution in [3.8, 4) is 0 Å². The van der Waals surface area contributed by atoms with E-state index in [4.69, 9.17) is 23.2 Å². The molecule has 2 aromatic rings. The number of carbonyl (C=O) groups is 1. The molecular formula is C10H7BrCl2N2OS. The SMILES string of the molecule is O=C(NCc1sccc1Br)c1cc(Cl)c(Cl)[nH]1. The number of nitrogens with one attached hydrogen (secondary N) is 2. The molecule has 2 rings (SSSR count). The Morgan fingerprint density at radius 3 is 2.82 bits per heavy atom. The highest BCUT2D eigenvalue weighted by Gasteiger charge is 2.12. The third-order valence-electron chi connectivity index (χ3n) is 2.07. The van der Waals surface area contributed by atoms with Crippen molar-refractivity contribution in [3.63, 3.8) is 0 Å². The minimum absolute atomic E-state index is 0.237. The Hall–Kier alpha value is -0.490. The maximum Gasteiger partial charge on any atom is 0.268 e. The summed E-state index contributed by atoms with van der Waals surface area (Å²) in [6, 6.07) is 3.44. The highest BCUT2D eigenvalue weighted by Crippen LogP contribution is 2.23. The zero-order valence-corrected chi connectivity index (χ0v) is 12.3. The van der Waals surface area contributed by atoms with Crippen LogP contribution in [0.25, 0.3) is 0 Å². The minimum atomic E-state index is -0.237. The Morgan fingerprint density at radius 2 is 2.29 bits per heavy atom. The van der Waals surface area contributed by atoms with Gasteiger partial charge in [-0.3, -0.25) is 4.79 Å². The first-order chi connectivity index (χ1) is 8.08. The average Bonchev–Trinajstić information content (AvgIpc) is 2.83. The number of aromatic nitrogens is 1. The monoisotopic (exact) mass is 352 g/mol. The highest BCUT2D eigenvalue weighted by atomic mass is 79.9. The minimum Gasteiger partial charge on any atom is -0.346 e. The lowest BCUT2D eigenvalue weighted by molar-refractivity contribution is 0.0947. The first kappa shape index (κ1) is 13.0. The van der Waals surface area contributed by atoms with Crippen LogP contribution in [0.4, 0.5) is 0 Å². The van der Waals surface area contributed by atoms with Crippen LogP contribution < -0.4 is 5.32 Å². The van der Waals surface area contributed by atoms with Crippen molar-refractivity contribution in [1.82, 2.24) is 10.3 Å². The summed E-state index contributed by atoms with van der Waals surface area (Å²) in [7, 11) is 0. The van der Waals surface area contributed by atoms with Crippen LogP contribution in [0.15, 0.2) is 22.0 Å². The van der Waals surface area contributed by atoms with Crippen molar-refractivity contribution in [2.45, 2.75) is 6.54 Å². The Balaban J connectivity index is 2.00. The molecule has 3 nitrogen and oxygen atoms in total. The maximum absolute atomic E-state index is 11.7. The molecule has 2 heterocycles. The predicted octanol–water partition coefficient (Wildman–Crippen LogP) is 4.08. The zero-order valence-electron chi connectivity index (χ0n) is 8.39. The van der Waals surface area contributed by atoms with Gasteiger partial charge in [0, 0.05) is 9.35 Å². The van der Waals surface area contributed by atoms with Crippen LogP contribution in [-0.4, -0.2) is 10.9 Å². The molecule has 0 saturated carbocycles. The lowest BCUT2D eigenvalue weighted by atomic mass is 10.4. The fourth-order valence-electron chi connectivity index (χ4n) is 1.23. The zero-order chi connectivity index (χ0) is 12.4. The van der Waals surface area contributed by atoms with Gasteiger partial charge in [0.25, 0.3) is 5.91 Å². The van der Waals surface area contributed by atoms with Crippen molar-refractivity contribution < 1.29 is 4.79 Å². The Labute approximate surface area is 120 Å². The van der Waals surface area contributed by atoms with Crippen LogP contribution in [0.2, 0.25) is 10.2 Å². The van der Waals surface area contributed by atoms with E-state index in [1.165, 1.54) is 6.07 Å². The van der Waals surface area contributed by atoms with Crippen molar-refractivity contribution in [2.75, 3.05) is 0 Å². The van der Waals surface area contributed by atoms with Gasteiger partial charge in [0.1, 0.15) is 10.8 Å². The van der Waals surface area contributed by atoms with E-state index in [1.54, 1.807) is 11.3 Å². The molecule has 17 heavy (non-hydrogen) atoms. The molecule has 7 heteroatoms. The molecule has 0 aromatic carbocycles. The van der Waals surface area contributed by atoms with E-state index < -0.39 is 0 Å². The van der Waals surface area contributed by atoms with Gasteiger partial charge in [0.2, 0.25) is 0 Å². The first-order valence-corrected chi connectivity index (χ1v) is 7.05. The van der Waals surface area contributed by atoms with E-state index in [9.17, 15) is 4.79 Å². The summed E-state index contributed by atoms with van der Waals surface area (Å²) in [5.74, 6) is -0.237. The summed E-state index contributed by atoms with van der Waals surface area (Å²) < 4.78 is 0.991. The normalized spacial score (nSPS) is 10.5. The van der Waals surface area contributed by atoms with Gasteiger partial charge in [-0.2, -0.15) is 0 Å². The third-order valence-corrected chi connectivity index (χ3v) is 4.69. The van der Waals surface area contributed by atoms with Gasteiger partial charge in [-0.15, -0.1) is 11.3 Å². The Kier molecular flexibility index (Phi) is 4.14. The summed E-state index contributed by atoms with van der Waals surface area (Å²) in [5.41, 5.74) is 0.354. The molecule has 0 bridgehead atoms. The number of aromatic amines is 1. The van der Waals surface area contributed by atoms with E-state index >= 15 is 0 Å². The maximum atomic E-state index is 11.7. The van der Waals surface area contributed by atoms with E-state index in [0.29, 0.717) is 17.3 Å². The molecule has 0 fully saturated rings. The summed E-state index contributed by atoms with van der Waals surface area (Å²) in [4.78, 5) is 15.5. The summed E-state index contributed by atoms with van der Waals surface area (Å²) >= 11 is 16.4. The van der Waals surface area contributed by atoms with Crippen LogP contribution in [0, 0.1) is 0 Å². The number of carbonyl (C=O) groups excluding carboxylic acids is 1. The van der Waals surface area contributed by atoms with Crippen LogP contribution in [0.3, 0.4) is 0 Å². The van der Waals surface area contributed by atoms with E-state index in [-0.39, 0.29) is 11.1 Å². The topological polar surface area (TPSA) is 44.9 Å². The molecule has 0 aliphatic rings. The number of amides is 1. The summed E-state index contributed by atoms with van der Waals surface area (Å²) in [5, 5.41) is 5.34. The van der Waals surface area contributed by atoms with Gasteiger partial charge < -0.3 is 10.3 Å². The summed E-state index contributed by atoms with van der Waals surface area (Å²) in [6.07, 6.45) is 0. The average molecular weight is 354 g/mol. The van der Waals surface area contributed by atoms with E-state index in [1.807, 2.05) is 11.4 Å². The second kappa shape index (κ2) is 5.44. The molecule has 0 aliphatic carbocycles. The van der Waals surface area contributed by atoms with Crippen molar-refractivity contribution in [3.05, 3.63) is 42.7 Å². The number of halogens is 3. The van der Waals surface area contributed by atoms with Crippen LogP contribution >= 0.6 is 50.5 Å². The van der Waals surface area contributed by atoms with Gasteiger partial charge in [-0.25, -0.2) is 0 Å². The van der Waals surface area contributed by atoms with Crippen LogP contribution in [0.5, 0.6) is 0 Å². The molecule has 0 unspecified atom stereocenters. The number of hydrogen-bond donors (Lipinski definition) is 2. The van der Waals surface area contributed by atoms with Gasteiger partial charge >= 0.3 is 0 Å². The molecule has 0 spiro atoms. The van der Waals surface area contributed by atoms with Crippen LogP contribution in [0.1, 0.15) is 15.4 Å². The van der Waals surface area contributed by atoms with Crippen LogP contribution in [-0.2, 0) is 6.54 Å². The van der Waals surface area contributed by atoms with E-state index in [2.05, 4.69) is 26.2 Å². The lowest BCUT2D eigenvalue weighted by Crippen LogP contribution is -2.22. The largest absolute Gasteiger partial charge is 0.346 e. The van der Waals surface area contributed by atoms with Gasteiger partial charge in [-0.05, 0) is 33.4 Å². The second-order valence-electron chi connectivity index (χ2n) is 3.22. The predicted molar refractivity (Wildman–Crippen MR) is 74.0 cm³/mol. The molecule has 90 valence electrons. The van der Waals surface area contributed by atoms with Crippen molar-refractivity contribution in [2.24, 2.45) is 0 Å². The molecule has 0 saturated heterocycles. The fraction of sp³-hybridized carbons (Fsp3) is 0.100. The van der Waals surface area contributed by atoms with Gasteiger partial charge in [0.15, 0.2) is 0 Å². The molecule has 0 aliphatic heterocycles. The first-order valence-electron chi connectivity index (χ1n) is 4.62. The highest BCUT2D eigenvalue weighted by molar-refractivity contribution is 9.10. The van der Waals surface area contributed by atoms with Crippen molar-refractivity contribution >= 4 is 56.4 Å². The fourth-order valence-corrected chi connectivity index (χ4v) is 2.98. The summed E-state index contributed by atoms with van der Waals surface area (Å²) in [6.45, 7) is 0.464. The molecule has 0 atom stereocenters. The molecular weight excluding hydrogens is 347 g/mol. The van der Waals surface area contributed by atoms with E-state index in [0.717, 1.165) is 9.35 Å². The quantitative estimate of drug-likeness (QED) is 0.858. The molecule has 2 N–H and O–H groups in total.